The van der Waals surface area contributed by atoms with Crippen molar-refractivity contribution in [1.82, 2.24) is 5.32 Å². The van der Waals surface area contributed by atoms with Gasteiger partial charge in [-0.2, -0.15) is 0 Å². The molecule has 1 aromatic rings. The van der Waals surface area contributed by atoms with Crippen LogP contribution in [-0.2, 0) is 0 Å². The van der Waals surface area contributed by atoms with Crippen LogP contribution in [-0.4, -0.2) is 18.3 Å². The van der Waals surface area contributed by atoms with Crippen molar-refractivity contribution >= 4 is 27.7 Å². The van der Waals surface area contributed by atoms with Crippen LogP contribution in [0.15, 0.2) is 33.6 Å². The van der Waals surface area contributed by atoms with Gasteiger partial charge in [-0.3, -0.25) is 0 Å². The van der Waals surface area contributed by atoms with Gasteiger partial charge in [-0.15, -0.1) is 24.1 Å². The van der Waals surface area contributed by atoms with Gasteiger partial charge in [0.15, 0.2) is 0 Å². The Morgan fingerprint density at radius 2 is 2.12 bits per heavy atom. The van der Waals surface area contributed by atoms with Crippen LogP contribution in [0.1, 0.15) is 19.8 Å². The molecule has 0 spiro atoms. The quantitative estimate of drug-likeness (QED) is 0.605. The zero-order valence-corrected chi connectivity index (χ0v) is 12.5. The first-order valence-corrected chi connectivity index (χ1v) is 7.59. The molecule has 0 bridgehead atoms. The Kier molecular flexibility index (Phi) is 7.43. The fourth-order valence-electron chi connectivity index (χ4n) is 1.52. The normalized spacial score (nSPS) is 12.1. The second-order valence-electron chi connectivity index (χ2n) is 3.76. The number of nitrogens with one attached hydrogen (secondary N) is 1. The second kappa shape index (κ2) is 8.63. The van der Waals surface area contributed by atoms with Gasteiger partial charge in [-0.05, 0) is 37.2 Å². The number of rotatable bonds is 7. The van der Waals surface area contributed by atoms with E-state index in [0.717, 1.165) is 29.6 Å². The van der Waals surface area contributed by atoms with E-state index in [1.807, 2.05) is 11.8 Å². The van der Waals surface area contributed by atoms with Crippen molar-refractivity contribution in [3.8, 4) is 12.3 Å². The van der Waals surface area contributed by atoms with Gasteiger partial charge in [0.1, 0.15) is 0 Å². The van der Waals surface area contributed by atoms with Gasteiger partial charge < -0.3 is 5.32 Å². The zero-order valence-electron chi connectivity index (χ0n) is 10.1. The molecule has 0 heterocycles. The number of benzene rings is 1. The molecule has 1 atom stereocenters. The standard InChI is InChI=1S/C14H18BrNS/c1-3-5-6-13(16-4-2)11-17-14-9-7-12(15)8-10-14/h1,7-10,13,16H,4-6,11H2,2H3. The summed E-state index contributed by atoms with van der Waals surface area (Å²) in [6.45, 7) is 3.13. The Morgan fingerprint density at radius 3 is 2.71 bits per heavy atom. The summed E-state index contributed by atoms with van der Waals surface area (Å²) in [6, 6.07) is 8.93. The molecule has 1 N–H and O–H groups in total. The topological polar surface area (TPSA) is 12.0 Å². The van der Waals surface area contributed by atoms with Crippen molar-refractivity contribution in [3.63, 3.8) is 0 Å². The summed E-state index contributed by atoms with van der Waals surface area (Å²) >= 11 is 5.32. The van der Waals surface area contributed by atoms with E-state index >= 15 is 0 Å². The summed E-state index contributed by atoms with van der Waals surface area (Å²) in [4.78, 5) is 1.30. The molecule has 0 aliphatic heterocycles. The largest absolute Gasteiger partial charge is 0.313 e. The smallest absolute Gasteiger partial charge is 0.0176 e. The summed E-state index contributed by atoms with van der Waals surface area (Å²) in [7, 11) is 0. The van der Waals surface area contributed by atoms with Crippen molar-refractivity contribution < 1.29 is 0 Å². The lowest BCUT2D eigenvalue weighted by molar-refractivity contribution is 0.545. The molecule has 0 aliphatic rings. The van der Waals surface area contributed by atoms with E-state index in [4.69, 9.17) is 6.42 Å². The van der Waals surface area contributed by atoms with Gasteiger partial charge in [0, 0.05) is 27.6 Å². The molecular formula is C14H18BrNS. The van der Waals surface area contributed by atoms with Crippen molar-refractivity contribution in [1.29, 1.82) is 0 Å². The Balaban J connectivity index is 2.40. The Morgan fingerprint density at radius 1 is 1.41 bits per heavy atom. The lowest BCUT2D eigenvalue weighted by atomic mass is 10.2. The molecule has 0 aromatic heterocycles. The lowest BCUT2D eigenvalue weighted by Crippen LogP contribution is -2.30. The lowest BCUT2D eigenvalue weighted by Gasteiger charge is -2.16. The highest BCUT2D eigenvalue weighted by atomic mass is 79.9. The van der Waals surface area contributed by atoms with Crippen molar-refractivity contribution in [2.75, 3.05) is 12.3 Å². The molecule has 92 valence electrons. The van der Waals surface area contributed by atoms with E-state index in [2.05, 4.69) is 58.4 Å². The van der Waals surface area contributed by atoms with Gasteiger partial charge >= 0.3 is 0 Å². The van der Waals surface area contributed by atoms with Gasteiger partial charge in [-0.25, -0.2) is 0 Å². The summed E-state index contributed by atoms with van der Waals surface area (Å²) in [6.07, 6.45) is 7.20. The third-order valence-corrected chi connectivity index (χ3v) is 4.10. The fourth-order valence-corrected chi connectivity index (χ4v) is 2.79. The summed E-state index contributed by atoms with van der Waals surface area (Å²) in [5.74, 6) is 3.77. The maximum atomic E-state index is 5.31. The first-order valence-electron chi connectivity index (χ1n) is 5.81. The predicted molar refractivity (Wildman–Crippen MR) is 80.4 cm³/mol. The summed E-state index contributed by atoms with van der Waals surface area (Å²) < 4.78 is 1.12. The molecule has 0 aliphatic carbocycles. The van der Waals surface area contributed by atoms with Gasteiger partial charge in [-0.1, -0.05) is 22.9 Å². The molecule has 1 aromatic carbocycles. The van der Waals surface area contributed by atoms with Crippen LogP contribution < -0.4 is 5.32 Å². The molecule has 0 saturated heterocycles. The average Bonchev–Trinajstić information content (AvgIpc) is 2.35. The average molecular weight is 312 g/mol. The molecule has 1 nitrogen and oxygen atoms in total. The third kappa shape index (κ3) is 6.16. The molecule has 0 radical (unpaired) electrons. The number of hydrogen-bond acceptors (Lipinski definition) is 2. The first kappa shape index (κ1) is 14.6. The molecule has 17 heavy (non-hydrogen) atoms. The van der Waals surface area contributed by atoms with Crippen LogP contribution in [0.3, 0.4) is 0 Å². The first-order chi connectivity index (χ1) is 8.26. The minimum atomic E-state index is 0.504. The molecule has 0 amide bonds. The monoisotopic (exact) mass is 311 g/mol. The van der Waals surface area contributed by atoms with Crippen molar-refractivity contribution in [2.45, 2.75) is 30.7 Å². The molecule has 1 unspecified atom stereocenters. The highest BCUT2D eigenvalue weighted by molar-refractivity contribution is 9.10. The van der Waals surface area contributed by atoms with Gasteiger partial charge in [0.25, 0.3) is 0 Å². The van der Waals surface area contributed by atoms with Crippen molar-refractivity contribution in [3.05, 3.63) is 28.7 Å². The highest BCUT2D eigenvalue weighted by Crippen LogP contribution is 2.22. The third-order valence-electron chi connectivity index (χ3n) is 2.39. The SMILES string of the molecule is C#CCCC(CSc1ccc(Br)cc1)NCC. The maximum Gasteiger partial charge on any atom is 0.0176 e. The molecule has 3 heteroatoms. The van der Waals surface area contributed by atoms with Crippen LogP contribution >= 0.6 is 27.7 Å². The predicted octanol–water partition coefficient (Wildman–Crippen LogP) is 3.93. The van der Waals surface area contributed by atoms with Crippen LogP contribution in [0, 0.1) is 12.3 Å². The van der Waals surface area contributed by atoms with E-state index in [9.17, 15) is 0 Å². The summed E-state index contributed by atoms with van der Waals surface area (Å²) in [5, 5.41) is 3.47. The van der Waals surface area contributed by atoms with Crippen LogP contribution in [0.25, 0.3) is 0 Å². The van der Waals surface area contributed by atoms with Crippen molar-refractivity contribution in [2.24, 2.45) is 0 Å². The van der Waals surface area contributed by atoms with Crippen LogP contribution in [0.5, 0.6) is 0 Å². The molecular weight excluding hydrogens is 294 g/mol. The summed E-state index contributed by atoms with van der Waals surface area (Å²) in [5.41, 5.74) is 0. The Labute approximate surface area is 117 Å². The van der Waals surface area contributed by atoms with E-state index in [1.54, 1.807) is 0 Å². The maximum absolute atomic E-state index is 5.31. The van der Waals surface area contributed by atoms with E-state index in [0.29, 0.717) is 6.04 Å². The number of terminal acetylenes is 1. The number of halogens is 1. The van der Waals surface area contributed by atoms with Gasteiger partial charge in [0.05, 0.1) is 0 Å². The minimum Gasteiger partial charge on any atom is -0.313 e. The fraction of sp³-hybridized carbons (Fsp3) is 0.429. The van der Waals surface area contributed by atoms with Crippen LogP contribution in [0.2, 0.25) is 0 Å². The van der Waals surface area contributed by atoms with Gasteiger partial charge in [0.2, 0.25) is 0 Å². The Bertz CT molecular complexity index is 355. The number of thioether (sulfide) groups is 1. The molecule has 0 fully saturated rings. The Hall–Kier alpha value is -0.430. The number of hydrogen-bond donors (Lipinski definition) is 1. The molecule has 1 rings (SSSR count). The van der Waals surface area contributed by atoms with Crippen LogP contribution in [0.4, 0.5) is 0 Å². The van der Waals surface area contributed by atoms with E-state index in [-0.39, 0.29) is 0 Å². The second-order valence-corrected chi connectivity index (χ2v) is 5.77. The highest BCUT2D eigenvalue weighted by Gasteiger charge is 2.06. The van der Waals surface area contributed by atoms with E-state index in [1.165, 1.54) is 4.90 Å². The van der Waals surface area contributed by atoms with E-state index < -0.39 is 0 Å². The minimum absolute atomic E-state index is 0.504. The molecule has 0 saturated carbocycles. The zero-order chi connectivity index (χ0) is 12.5.